The van der Waals surface area contributed by atoms with Crippen LogP contribution in [0.3, 0.4) is 0 Å². The number of fused-ring (bicyclic) bond motifs is 2. The normalized spacial score (nSPS) is 43.6. The van der Waals surface area contributed by atoms with Crippen LogP contribution < -0.4 is 4.74 Å². The molecule has 7 atom stereocenters. The van der Waals surface area contributed by atoms with Gasteiger partial charge in [0.15, 0.2) is 0 Å². The number of piperidine rings is 1. The van der Waals surface area contributed by atoms with Gasteiger partial charge in [-0.25, -0.2) is 0 Å². The van der Waals surface area contributed by atoms with Gasteiger partial charge in [-0.3, -0.25) is 0 Å². The highest BCUT2D eigenvalue weighted by molar-refractivity contribution is 7.59. The Balaban J connectivity index is 0.00000204. The lowest BCUT2D eigenvalue weighted by molar-refractivity contribution is -0.301. The van der Waals surface area contributed by atoms with Crippen molar-refractivity contribution in [2.24, 2.45) is 11.3 Å². The zero-order chi connectivity index (χ0) is 21.1. The molecule has 4 fully saturated rings. The van der Waals surface area contributed by atoms with Crippen molar-refractivity contribution in [2.75, 3.05) is 20.7 Å². The van der Waals surface area contributed by atoms with E-state index in [1.807, 2.05) is 26.2 Å². The second-order valence-corrected chi connectivity index (χ2v) is 11.1. The molecule has 0 amide bonds. The van der Waals surface area contributed by atoms with E-state index in [2.05, 4.69) is 18.9 Å². The van der Waals surface area contributed by atoms with Crippen LogP contribution in [0, 0.1) is 11.3 Å². The molecule has 7 rings (SSSR count). The summed E-state index contributed by atoms with van der Waals surface area (Å²) in [6.07, 6.45) is 6.68. The van der Waals surface area contributed by atoms with Gasteiger partial charge in [0.2, 0.25) is 0 Å². The first kappa shape index (κ1) is 21.9. The number of methoxy groups -OCH3 is 1. The standard InChI is InChI=1S/C25H35NO4.H2S/c1-5-6-22(2,28)18-14-23-7-8-25(18,29-4)21-24(23)9-10-26(3)19(23)12-15-11-16(27)13-17(30-21)20(15)24;/h11,13,18-19,21,27-28H,5-10,12,14H2,1-4H3;1H2/t18-,19-,21-,22+,23-,24+,25-;/m1./s1. The Kier molecular flexibility index (Phi) is 4.63. The molecular weight excluding hydrogens is 410 g/mol. The Hall–Kier alpha value is -0.950. The number of benzene rings is 1. The number of rotatable bonds is 4. The quantitative estimate of drug-likeness (QED) is 0.740. The van der Waals surface area contributed by atoms with E-state index in [-0.39, 0.29) is 36.3 Å². The third kappa shape index (κ3) is 2.26. The first-order valence-corrected chi connectivity index (χ1v) is 11.8. The summed E-state index contributed by atoms with van der Waals surface area (Å²) < 4.78 is 13.3. The molecule has 1 aromatic rings. The minimum atomic E-state index is -0.785. The van der Waals surface area contributed by atoms with Gasteiger partial charge in [0, 0.05) is 41.5 Å². The highest BCUT2D eigenvalue weighted by Gasteiger charge is 2.81. The number of likely N-dealkylation sites (tertiary alicyclic amines) is 1. The molecule has 4 bridgehead atoms. The molecule has 5 nitrogen and oxygen atoms in total. The average Bonchev–Trinajstić information content (AvgIpc) is 3.05. The Labute approximate surface area is 192 Å². The van der Waals surface area contributed by atoms with Gasteiger partial charge in [0.05, 0.1) is 5.60 Å². The van der Waals surface area contributed by atoms with Crippen molar-refractivity contribution in [1.29, 1.82) is 0 Å². The molecule has 172 valence electrons. The van der Waals surface area contributed by atoms with Crippen LogP contribution in [0.15, 0.2) is 12.1 Å². The van der Waals surface area contributed by atoms with Crippen LogP contribution in [-0.2, 0) is 16.6 Å². The number of nitrogens with zero attached hydrogens (tertiary/aromatic N) is 1. The predicted octanol–water partition coefficient (Wildman–Crippen LogP) is 3.50. The summed E-state index contributed by atoms with van der Waals surface area (Å²) in [5.41, 5.74) is 1.34. The molecular formula is C25H37NO4S. The summed E-state index contributed by atoms with van der Waals surface area (Å²) in [5, 5.41) is 22.1. The third-order valence-electron chi connectivity index (χ3n) is 10.1. The number of likely N-dealkylation sites (N-methyl/N-ethyl adjacent to an activating group) is 1. The molecule has 1 saturated heterocycles. The zero-order valence-corrected chi connectivity index (χ0v) is 20.2. The van der Waals surface area contributed by atoms with E-state index >= 15 is 0 Å². The van der Waals surface area contributed by atoms with Crippen LogP contribution >= 0.6 is 13.5 Å². The lowest BCUT2D eigenvalue weighted by atomic mass is 9.33. The van der Waals surface area contributed by atoms with Gasteiger partial charge in [-0.1, -0.05) is 13.3 Å². The highest BCUT2D eigenvalue weighted by Crippen LogP contribution is 2.77. The summed E-state index contributed by atoms with van der Waals surface area (Å²) in [6, 6.07) is 4.20. The fraction of sp³-hybridized carbons (Fsp3) is 0.760. The average molecular weight is 448 g/mol. The van der Waals surface area contributed by atoms with E-state index in [4.69, 9.17) is 9.47 Å². The summed E-state index contributed by atoms with van der Waals surface area (Å²) >= 11 is 0. The molecule has 2 heterocycles. The maximum absolute atomic E-state index is 11.7. The predicted molar refractivity (Wildman–Crippen MR) is 124 cm³/mol. The highest BCUT2D eigenvalue weighted by atomic mass is 32.1. The first-order valence-electron chi connectivity index (χ1n) is 11.8. The van der Waals surface area contributed by atoms with Gasteiger partial charge in [0.1, 0.15) is 23.2 Å². The second-order valence-electron chi connectivity index (χ2n) is 11.1. The van der Waals surface area contributed by atoms with Crippen molar-refractivity contribution in [2.45, 2.75) is 87.6 Å². The Morgan fingerprint density at radius 1 is 1.29 bits per heavy atom. The lowest BCUT2D eigenvalue weighted by Gasteiger charge is -2.74. The Bertz CT molecular complexity index is 921. The second kappa shape index (κ2) is 6.55. The van der Waals surface area contributed by atoms with Crippen molar-refractivity contribution in [3.8, 4) is 11.5 Å². The van der Waals surface area contributed by atoms with Crippen molar-refractivity contribution < 1.29 is 19.7 Å². The van der Waals surface area contributed by atoms with Gasteiger partial charge in [-0.05, 0) is 70.7 Å². The number of phenols is 1. The minimum Gasteiger partial charge on any atom is -0.508 e. The maximum Gasteiger partial charge on any atom is 0.138 e. The SMILES string of the molecule is CCC[C@](C)(O)[C@H]1C[C@@]23CC[C@]1(OC)[C@@H]1Oc4cc(O)cc5c4[C@@]12CCN(C)[C@@H]3C5.S. The molecule has 3 saturated carbocycles. The van der Waals surface area contributed by atoms with Crippen molar-refractivity contribution in [3.05, 3.63) is 23.3 Å². The lowest BCUT2D eigenvalue weighted by Crippen LogP contribution is -2.82. The van der Waals surface area contributed by atoms with Crippen LogP contribution in [-0.4, -0.2) is 59.2 Å². The molecule has 1 aromatic carbocycles. The van der Waals surface area contributed by atoms with E-state index in [9.17, 15) is 10.2 Å². The number of phenolic OH excluding ortho intramolecular Hbond substituents is 1. The largest absolute Gasteiger partial charge is 0.508 e. The van der Waals surface area contributed by atoms with Gasteiger partial charge < -0.3 is 24.6 Å². The monoisotopic (exact) mass is 447 g/mol. The third-order valence-corrected chi connectivity index (χ3v) is 10.1. The molecule has 0 unspecified atom stereocenters. The van der Waals surface area contributed by atoms with Crippen LogP contribution in [0.1, 0.15) is 63.5 Å². The van der Waals surface area contributed by atoms with Gasteiger partial charge in [-0.15, -0.1) is 0 Å². The van der Waals surface area contributed by atoms with Gasteiger partial charge in [-0.2, -0.15) is 13.5 Å². The maximum atomic E-state index is 11.7. The van der Waals surface area contributed by atoms with E-state index < -0.39 is 11.2 Å². The molecule has 0 radical (unpaired) electrons. The van der Waals surface area contributed by atoms with E-state index in [0.29, 0.717) is 11.8 Å². The van der Waals surface area contributed by atoms with Crippen LogP contribution in [0.4, 0.5) is 0 Å². The van der Waals surface area contributed by atoms with Gasteiger partial charge >= 0.3 is 0 Å². The van der Waals surface area contributed by atoms with Crippen molar-refractivity contribution in [3.63, 3.8) is 0 Å². The fourth-order valence-electron chi connectivity index (χ4n) is 9.13. The molecule has 2 aliphatic heterocycles. The van der Waals surface area contributed by atoms with Crippen molar-refractivity contribution in [1.82, 2.24) is 4.90 Å². The minimum absolute atomic E-state index is 0. The van der Waals surface area contributed by atoms with Crippen LogP contribution in [0.25, 0.3) is 0 Å². The Morgan fingerprint density at radius 3 is 2.77 bits per heavy atom. The molecule has 2 N–H and O–H groups in total. The first-order chi connectivity index (χ1) is 14.3. The molecule has 6 heteroatoms. The van der Waals surface area contributed by atoms with Crippen LogP contribution in [0.5, 0.6) is 11.5 Å². The van der Waals surface area contributed by atoms with Gasteiger partial charge in [0.25, 0.3) is 0 Å². The zero-order valence-electron chi connectivity index (χ0n) is 19.2. The molecule has 31 heavy (non-hydrogen) atoms. The smallest absolute Gasteiger partial charge is 0.138 e. The molecule has 2 spiro atoms. The Morgan fingerprint density at radius 2 is 2.06 bits per heavy atom. The van der Waals surface area contributed by atoms with Crippen molar-refractivity contribution >= 4 is 13.5 Å². The number of aliphatic hydroxyl groups is 1. The number of hydrogen-bond acceptors (Lipinski definition) is 5. The number of aromatic hydroxyl groups is 1. The molecule has 0 aromatic heterocycles. The summed E-state index contributed by atoms with van der Waals surface area (Å²) in [5.74, 6) is 1.20. The summed E-state index contributed by atoms with van der Waals surface area (Å²) in [4.78, 5) is 2.55. The van der Waals surface area contributed by atoms with E-state index in [0.717, 1.165) is 57.2 Å². The number of hydrogen-bond donors (Lipinski definition) is 2. The number of ether oxygens (including phenoxy) is 2. The van der Waals surface area contributed by atoms with E-state index in [1.54, 1.807) is 0 Å². The summed E-state index contributed by atoms with van der Waals surface area (Å²) in [7, 11) is 4.09. The van der Waals surface area contributed by atoms with Crippen LogP contribution in [0.2, 0.25) is 0 Å². The molecule has 6 aliphatic rings. The van der Waals surface area contributed by atoms with E-state index in [1.165, 1.54) is 11.1 Å². The fourth-order valence-corrected chi connectivity index (χ4v) is 9.13. The molecule has 4 aliphatic carbocycles. The topological polar surface area (TPSA) is 62.2 Å². The summed E-state index contributed by atoms with van der Waals surface area (Å²) in [6.45, 7) is 5.23.